The van der Waals surface area contributed by atoms with Crippen LogP contribution in [0.5, 0.6) is 5.75 Å². The molecule has 0 saturated carbocycles. The monoisotopic (exact) mass is 353 g/mol. The topological polar surface area (TPSA) is 66.0 Å². The van der Waals surface area contributed by atoms with Gasteiger partial charge in [-0.3, -0.25) is 4.79 Å². The lowest BCUT2D eigenvalue weighted by Crippen LogP contribution is -2.49. The molecule has 1 saturated heterocycles. The van der Waals surface area contributed by atoms with Crippen molar-refractivity contribution in [3.05, 3.63) is 72.1 Å². The van der Waals surface area contributed by atoms with Crippen molar-refractivity contribution in [2.45, 2.75) is 18.5 Å². The number of carbonyl (C=O) groups excluding carboxylic acids is 1. The SMILES string of the molecule is COc1ccc(NC2=CO[C@@H]3CO[C@@H](c4ccccc4)O[C@H]3C2=O)cc1. The number of ether oxygens (including phenoxy) is 4. The van der Waals surface area contributed by atoms with Crippen molar-refractivity contribution in [3.63, 3.8) is 0 Å². The highest BCUT2D eigenvalue weighted by molar-refractivity contribution is 6.02. The van der Waals surface area contributed by atoms with Crippen LogP contribution in [0.25, 0.3) is 0 Å². The smallest absolute Gasteiger partial charge is 0.214 e. The largest absolute Gasteiger partial charge is 0.497 e. The number of anilines is 1. The first-order valence-corrected chi connectivity index (χ1v) is 8.37. The van der Waals surface area contributed by atoms with Gasteiger partial charge in [0, 0.05) is 11.3 Å². The number of nitrogens with one attached hydrogen (secondary N) is 1. The molecule has 0 spiro atoms. The van der Waals surface area contributed by atoms with E-state index in [9.17, 15) is 4.79 Å². The molecule has 0 radical (unpaired) electrons. The standard InChI is InChI=1S/C20H19NO5/c1-23-15-9-7-14(8-10-15)21-16-11-24-17-12-25-20(26-19(17)18(16)22)13-5-3-2-4-6-13/h2-11,17,19-21H,12H2,1H3/t17-,19-,20-/m1/s1. The minimum Gasteiger partial charge on any atom is -0.497 e. The molecule has 0 bridgehead atoms. The molecule has 0 aromatic heterocycles. The third-order valence-corrected chi connectivity index (χ3v) is 4.35. The zero-order chi connectivity index (χ0) is 17.9. The Labute approximate surface area is 151 Å². The van der Waals surface area contributed by atoms with Gasteiger partial charge in [0.15, 0.2) is 18.5 Å². The number of benzene rings is 2. The summed E-state index contributed by atoms with van der Waals surface area (Å²) in [5.74, 6) is 0.593. The average Bonchev–Trinajstić information content (AvgIpc) is 2.71. The van der Waals surface area contributed by atoms with Crippen LogP contribution in [0.1, 0.15) is 11.9 Å². The van der Waals surface area contributed by atoms with Crippen LogP contribution in [0.3, 0.4) is 0 Å². The van der Waals surface area contributed by atoms with Gasteiger partial charge in [-0.15, -0.1) is 0 Å². The summed E-state index contributed by atoms with van der Waals surface area (Å²) in [5, 5.41) is 3.08. The van der Waals surface area contributed by atoms with Gasteiger partial charge in [0.05, 0.1) is 13.7 Å². The van der Waals surface area contributed by atoms with E-state index < -0.39 is 18.5 Å². The van der Waals surface area contributed by atoms with Gasteiger partial charge in [-0.1, -0.05) is 30.3 Å². The molecule has 2 aromatic carbocycles. The highest BCUT2D eigenvalue weighted by Gasteiger charge is 2.42. The number of Topliss-reactive ketones (excluding diaryl/α,β-unsaturated/α-hetero) is 1. The van der Waals surface area contributed by atoms with E-state index in [-0.39, 0.29) is 5.78 Å². The lowest BCUT2D eigenvalue weighted by atomic mass is 10.0. The molecule has 0 aliphatic carbocycles. The second-order valence-corrected chi connectivity index (χ2v) is 6.06. The Hall–Kier alpha value is -2.83. The molecule has 0 amide bonds. The van der Waals surface area contributed by atoms with Gasteiger partial charge < -0.3 is 24.3 Å². The maximum atomic E-state index is 12.8. The van der Waals surface area contributed by atoms with E-state index in [1.807, 2.05) is 54.6 Å². The fraction of sp³-hybridized carbons (Fsp3) is 0.250. The Balaban J connectivity index is 1.48. The summed E-state index contributed by atoms with van der Waals surface area (Å²) in [6, 6.07) is 16.8. The van der Waals surface area contributed by atoms with Gasteiger partial charge in [0.2, 0.25) is 5.78 Å². The van der Waals surface area contributed by atoms with Crippen molar-refractivity contribution in [1.82, 2.24) is 0 Å². The van der Waals surface area contributed by atoms with E-state index >= 15 is 0 Å². The number of fused-ring (bicyclic) bond motifs is 1. The van der Waals surface area contributed by atoms with E-state index in [0.717, 1.165) is 17.0 Å². The van der Waals surface area contributed by atoms with E-state index in [1.54, 1.807) is 7.11 Å². The van der Waals surface area contributed by atoms with E-state index in [1.165, 1.54) is 6.26 Å². The second kappa shape index (κ2) is 7.19. The van der Waals surface area contributed by atoms with Crippen LogP contribution in [-0.4, -0.2) is 31.7 Å². The van der Waals surface area contributed by atoms with Crippen LogP contribution in [-0.2, 0) is 19.0 Å². The molecule has 1 N–H and O–H groups in total. The fourth-order valence-electron chi connectivity index (χ4n) is 2.94. The summed E-state index contributed by atoms with van der Waals surface area (Å²) in [7, 11) is 1.61. The molecule has 26 heavy (non-hydrogen) atoms. The molecule has 1 fully saturated rings. The van der Waals surface area contributed by atoms with Gasteiger partial charge in [-0.05, 0) is 24.3 Å². The third-order valence-electron chi connectivity index (χ3n) is 4.35. The first-order chi connectivity index (χ1) is 12.7. The highest BCUT2D eigenvalue weighted by atomic mass is 16.7. The van der Waals surface area contributed by atoms with Gasteiger partial charge >= 0.3 is 0 Å². The summed E-state index contributed by atoms with van der Waals surface area (Å²) >= 11 is 0. The Morgan fingerprint density at radius 3 is 2.58 bits per heavy atom. The molecular formula is C20H19NO5. The van der Waals surface area contributed by atoms with Gasteiger partial charge in [0.1, 0.15) is 17.7 Å². The molecule has 6 nitrogen and oxygen atoms in total. The van der Waals surface area contributed by atoms with Gasteiger partial charge in [0.25, 0.3) is 0 Å². The fourth-order valence-corrected chi connectivity index (χ4v) is 2.94. The minimum absolute atomic E-state index is 0.152. The lowest BCUT2D eigenvalue weighted by Gasteiger charge is -2.37. The van der Waals surface area contributed by atoms with Crippen LogP contribution < -0.4 is 10.1 Å². The Morgan fingerprint density at radius 1 is 1.08 bits per heavy atom. The molecule has 2 aliphatic heterocycles. The molecule has 6 heteroatoms. The average molecular weight is 353 g/mol. The Morgan fingerprint density at radius 2 is 1.85 bits per heavy atom. The van der Waals surface area contributed by atoms with Crippen molar-refractivity contribution >= 4 is 11.5 Å². The number of methoxy groups -OCH3 is 1. The number of hydrogen-bond donors (Lipinski definition) is 1. The van der Waals surface area contributed by atoms with Crippen molar-refractivity contribution in [2.24, 2.45) is 0 Å². The summed E-state index contributed by atoms with van der Waals surface area (Å²) in [5.41, 5.74) is 1.99. The van der Waals surface area contributed by atoms with E-state index in [4.69, 9.17) is 18.9 Å². The van der Waals surface area contributed by atoms with Crippen LogP contribution in [0, 0.1) is 0 Å². The zero-order valence-electron chi connectivity index (χ0n) is 14.3. The second-order valence-electron chi connectivity index (χ2n) is 6.06. The maximum Gasteiger partial charge on any atom is 0.214 e. The van der Waals surface area contributed by atoms with E-state index in [0.29, 0.717) is 12.3 Å². The van der Waals surface area contributed by atoms with Crippen LogP contribution in [0.15, 0.2) is 66.6 Å². The molecule has 2 aliphatic rings. The molecule has 0 unspecified atom stereocenters. The van der Waals surface area contributed by atoms with Crippen molar-refractivity contribution < 1.29 is 23.7 Å². The number of carbonyl (C=O) groups is 1. The number of rotatable bonds is 4. The molecule has 3 atom stereocenters. The summed E-state index contributed by atoms with van der Waals surface area (Å²) in [6.07, 6.45) is -0.294. The van der Waals surface area contributed by atoms with Gasteiger partial charge in [-0.25, -0.2) is 0 Å². The molecule has 134 valence electrons. The summed E-state index contributed by atoms with van der Waals surface area (Å²) in [4.78, 5) is 12.8. The van der Waals surface area contributed by atoms with Crippen LogP contribution in [0.2, 0.25) is 0 Å². The normalized spacial score (nSPS) is 24.9. The first-order valence-electron chi connectivity index (χ1n) is 8.37. The predicted molar refractivity (Wildman–Crippen MR) is 94.6 cm³/mol. The highest BCUT2D eigenvalue weighted by Crippen LogP contribution is 2.31. The number of hydrogen-bond acceptors (Lipinski definition) is 6. The molecule has 2 heterocycles. The van der Waals surface area contributed by atoms with Crippen molar-refractivity contribution in [2.75, 3.05) is 19.0 Å². The van der Waals surface area contributed by atoms with Crippen LogP contribution in [0.4, 0.5) is 5.69 Å². The molecular weight excluding hydrogens is 334 g/mol. The zero-order valence-corrected chi connectivity index (χ0v) is 14.3. The van der Waals surface area contributed by atoms with E-state index in [2.05, 4.69) is 5.32 Å². The maximum absolute atomic E-state index is 12.8. The Kier molecular flexibility index (Phi) is 4.60. The van der Waals surface area contributed by atoms with Crippen molar-refractivity contribution in [1.29, 1.82) is 0 Å². The molecule has 4 rings (SSSR count). The molecule has 2 aromatic rings. The first kappa shape index (κ1) is 16.6. The quantitative estimate of drug-likeness (QED) is 0.911. The van der Waals surface area contributed by atoms with Gasteiger partial charge in [-0.2, -0.15) is 0 Å². The lowest BCUT2D eigenvalue weighted by molar-refractivity contribution is -0.253. The Bertz CT molecular complexity index is 803. The third kappa shape index (κ3) is 3.29. The van der Waals surface area contributed by atoms with Crippen molar-refractivity contribution in [3.8, 4) is 5.75 Å². The number of ketones is 1. The minimum atomic E-state index is -0.709. The summed E-state index contributed by atoms with van der Waals surface area (Å²) < 4.78 is 22.4. The summed E-state index contributed by atoms with van der Waals surface area (Å²) in [6.45, 7) is 0.294. The van der Waals surface area contributed by atoms with Crippen LogP contribution >= 0.6 is 0 Å². The predicted octanol–water partition coefficient (Wildman–Crippen LogP) is 3.03.